The monoisotopic (exact) mass is 727 g/mol. The fourth-order valence-corrected chi connectivity index (χ4v) is 7.32. The number of nitrogens with one attached hydrogen (secondary N) is 2. The van der Waals surface area contributed by atoms with Crippen LogP contribution < -0.4 is 10.6 Å². The van der Waals surface area contributed by atoms with E-state index in [1.165, 1.54) is 40.3 Å². The molecular weight excluding hydrogens is 707 g/mol. The first-order valence-electron chi connectivity index (χ1n) is 13.4. The van der Waals surface area contributed by atoms with Crippen LogP contribution in [0, 0.1) is 5.82 Å². The van der Waals surface area contributed by atoms with Crippen LogP contribution in [0.5, 0.6) is 0 Å². The largest absolute Gasteiger partial charge is 0.477 e. The molecule has 0 spiro atoms. The van der Waals surface area contributed by atoms with Gasteiger partial charge in [0.05, 0.1) is 6.54 Å². The van der Waals surface area contributed by atoms with E-state index in [4.69, 9.17) is 4.84 Å². The van der Waals surface area contributed by atoms with Crippen molar-refractivity contribution in [3.05, 3.63) is 70.6 Å². The number of rotatable bonds is 13. The second-order valence-corrected chi connectivity index (χ2v) is 12.6. The molecule has 15 nitrogen and oxygen atoms in total. The third-order valence-corrected chi connectivity index (χ3v) is 9.59. The van der Waals surface area contributed by atoms with Gasteiger partial charge in [-0.25, -0.2) is 18.9 Å². The van der Waals surface area contributed by atoms with Crippen LogP contribution in [-0.2, 0) is 37.2 Å². The summed E-state index contributed by atoms with van der Waals surface area (Å²) in [6.45, 7) is 3.71. The van der Waals surface area contributed by atoms with E-state index in [2.05, 4.69) is 37.6 Å². The topological polar surface area (TPSA) is 194 Å². The molecule has 48 heavy (non-hydrogen) atoms. The number of tetrazole rings is 1. The van der Waals surface area contributed by atoms with Crippen molar-refractivity contribution in [2.75, 3.05) is 16.8 Å². The second kappa shape index (κ2) is 14.5. The number of carbonyl (C=O) groups is 4. The lowest BCUT2D eigenvalue weighted by Gasteiger charge is -2.49. The number of aromatic nitrogens is 5. The summed E-state index contributed by atoms with van der Waals surface area (Å²) < 4.78 is 52.9. The van der Waals surface area contributed by atoms with Crippen LogP contribution in [0.2, 0.25) is 0 Å². The van der Waals surface area contributed by atoms with Crippen molar-refractivity contribution in [1.82, 2.24) is 35.4 Å². The summed E-state index contributed by atoms with van der Waals surface area (Å²) in [5.41, 5.74) is -0.216. The lowest BCUT2D eigenvalue weighted by atomic mass is 10.0. The SMILES string of the molecule is C=CCn1nnnc1SCC1=C(C(=O)O)N2C(=O)C(NC(=O)C(=NOCc3ccc(F)cc3)c3csc(NC(=O)C(F)(F)F)n3)[C@@H]2SC1. The van der Waals surface area contributed by atoms with Gasteiger partial charge >= 0.3 is 18.1 Å². The van der Waals surface area contributed by atoms with E-state index in [-0.39, 0.29) is 29.5 Å². The van der Waals surface area contributed by atoms with Gasteiger partial charge in [0, 0.05) is 16.9 Å². The summed E-state index contributed by atoms with van der Waals surface area (Å²) in [4.78, 5) is 60.4. The van der Waals surface area contributed by atoms with Crippen molar-refractivity contribution in [2.45, 2.75) is 35.9 Å². The summed E-state index contributed by atoms with van der Waals surface area (Å²) in [7, 11) is 0. The zero-order chi connectivity index (χ0) is 34.6. The third kappa shape index (κ3) is 7.65. The van der Waals surface area contributed by atoms with Gasteiger partial charge in [0.1, 0.15) is 35.2 Å². The minimum Gasteiger partial charge on any atom is -0.477 e. The number of allylic oxidation sites excluding steroid dienone is 1. The average Bonchev–Trinajstić information content (AvgIpc) is 3.70. The van der Waals surface area contributed by atoms with Crippen LogP contribution in [0.1, 0.15) is 11.3 Å². The van der Waals surface area contributed by atoms with Crippen molar-refractivity contribution >= 4 is 69.4 Å². The number of carbonyl (C=O) groups excluding carboxylic acids is 3. The van der Waals surface area contributed by atoms with Gasteiger partial charge in [-0.1, -0.05) is 35.1 Å². The van der Waals surface area contributed by atoms with Gasteiger partial charge in [-0.3, -0.25) is 24.6 Å². The van der Waals surface area contributed by atoms with Crippen LogP contribution in [0.4, 0.5) is 22.7 Å². The standard InChI is InChI=1S/C26H21F4N9O6S3/c1-2-7-38-25(34-36-37-38)48-10-13-9-46-21-17(20(41)39(21)18(13)22(42)43)32-19(40)16(35-45-8-12-3-5-14(27)6-4-12)15-11-47-24(31-15)33-23(44)26(28,29)30/h2-6,11,17,21H,1,7-10H2,(H,32,40)(H,42,43)(H,31,33,44)/t17?,21-/m0/s1. The number of hydrogen-bond acceptors (Lipinski definition) is 13. The third-order valence-electron chi connectivity index (χ3n) is 6.45. The van der Waals surface area contributed by atoms with Crippen LogP contribution in [0.15, 0.2) is 63.9 Å². The van der Waals surface area contributed by atoms with E-state index in [9.17, 15) is 41.8 Å². The van der Waals surface area contributed by atoms with Crippen molar-refractivity contribution < 1.29 is 46.7 Å². The summed E-state index contributed by atoms with van der Waals surface area (Å²) in [5, 5.41) is 29.4. The Morgan fingerprint density at radius 1 is 1.25 bits per heavy atom. The van der Waals surface area contributed by atoms with Crippen molar-refractivity contribution in [2.24, 2.45) is 5.16 Å². The molecule has 0 aliphatic carbocycles. The second-order valence-electron chi connectivity index (χ2n) is 9.67. The van der Waals surface area contributed by atoms with Crippen LogP contribution in [-0.4, -0.2) is 93.7 Å². The number of oxime groups is 1. The Hall–Kier alpha value is -4.83. The highest BCUT2D eigenvalue weighted by Crippen LogP contribution is 2.41. The molecule has 1 unspecified atom stereocenters. The van der Waals surface area contributed by atoms with E-state index < -0.39 is 57.9 Å². The van der Waals surface area contributed by atoms with Crippen LogP contribution in [0.25, 0.3) is 0 Å². The predicted octanol–water partition coefficient (Wildman–Crippen LogP) is 2.41. The summed E-state index contributed by atoms with van der Waals surface area (Å²) in [5.74, 6) is -5.57. The van der Waals surface area contributed by atoms with E-state index in [0.29, 0.717) is 34.2 Å². The molecule has 3 amide bonds. The number of benzene rings is 1. The molecule has 3 aromatic rings. The number of halogens is 4. The molecule has 1 fully saturated rings. The zero-order valence-corrected chi connectivity index (χ0v) is 26.5. The maximum Gasteiger partial charge on any atom is 0.471 e. The fourth-order valence-electron chi connectivity index (χ4n) is 4.26. The number of hydrogen-bond donors (Lipinski definition) is 3. The van der Waals surface area contributed by atoms with Crippen LogP contribution in [0.3, 0.4) is 0 Å². The molecule has 0 radical (unpaired) electrons. The number of carboxylic acids is 1. The Balaban J connectivity index is 1.32. The maximum absolute atomic E-state index is 13.4. The number of carboxylic acid groups (broad SMARTS) is 1. The molecule has 252 valence electrons. The number of anilines is 1. The Morgan fingerprint density at radius 3 is 2.69 bits per heavy atom. The highest BCUT2D eigenvalue weighted by molar-refractivity contribution is 8.01. The van der Waals surface area contributed by atoms with Gasteiger partial charge in [-0.15, -0.1) is 34.8 Å². The van der Waals surface area contributed by atoms with Gasteiger partial charge in [0.25, 0.3) is 11.8 Å². The Morgan fingerprint density at radius 2 is 2.00 bits per heavy atom. The van der Waals surface area contributed by atoms with Crippen molar-refractivity contribution in [1.29, 1.82) is 0 Å². The molecule has 1 saturated heterocycles. The number of nitrogens with zero attached hydrogens (tertiary/aromatic N) is 7. The number of thioether (sulfide) groups is 2. The van der Waals surface area contributed by atoms with Gasteiger partial charge in [-0.2, -0.15) is 13.2 Å². The average molecular weight is 728 g/mol. The zero-order valence-electron chi connectivity index (χ0n) is 24.0. The number of thiazole rings is 1. The normalized spacial score (nSPS) is 17.8. The molecule has 2 atom stereocenters. The summed E-state index contributed by atoms with van der Waals surface area (Å²) in [6.07, 6.45) is -3.61. The molecule has 0 saturated carbocycles. The molecule has 2 aromatic heterocycles. The van der Waals surface area contributed by atoms with Gasteiger partial charge in [-0.05, 0) is 33.7 Å². The maximum atomic E-state index is 13.4. The fraction of sp³-hybridized carbons (Fsp3) is 0.269. The highest BCUT2D eigenvalue weighted by Gasteiger charge is 2.54. The number of fused-ring (bicyclic) bond motifs is 1. The van der Waals surface area contributed by atoms with Crippen molar-refractivity contribution in [3.8, 4) is 0 Å². The first-order valence-corrected chi connectivity index (χ1v) is 16.3. The number of aliphatic carboxylic acids is 1. The molecule has 22 heteroatoms. The van der Waals surface area contributed by atoms with Gasteiger partial charge in [0.15, 0.2) is 10.8 Å². The highest BCUT2D eigenvalue weighted by atomic mass is 32.2. The van der Waals surface area contributed by atoms with Gasteiger partial charge < -0.3 is 15.3 Å². The summed E-state index contributed by atoms with van der Waals surface area (Å²) in [6, 6.07) is 3.90. The quantitative estimate of drug-likeness (QED) is 0.0583. The molecule has 1 aromatic carbocycles. The van der Waals surface area contributed by atoms with Crippen molar-refractivity contribution in [3.63, 3.8) is 0 Å². The lowest BCUT2D eigenvalue weighted by Crippen LogP contribution is -2.71. The predicted molar refractivity (Wildman–Crippen MR) is 163 cm³/mol. The summed E-state index contributed by atoms with van der Waals surface area (Å²) >= 11 is 2.93. The lowest BCUT2D eigenvalue weighted by molar-refractivity contribution is -0.167. The molecule has 3 N–H and O–H groups in total. The minimum absolute atomic E-state index is 0.152. The molecule has 4 heterocycles. The van der Waals surface area contributed by atoms with Gasteiger partial charge in [0.2, 0.25) is 5.16 Å². The first kappa shape index (κ1) is 34.5. The molecule has 2 aliphatic heterocycles. The molecule has 2 aliphatic rings. The number of alkyl halides is 3. The Bertz CT molecular complexity index is 1810. The van der Waals surface area contributed by atoms with E-state index >= 15 is 0 Å². The van der Waals surface area contributed by atoms with E-state index in [0.717, 1.165) is 22.4 Å². The Kier molecular flexibility index (Phi) is 10.4. The number of amides is 3. The number of β-lactam (4-membered cyclic amide) rings is 1. The van der Waals surface area contributed by atoms with E-state index in [1.54, 1.807) is 11.4 Å². The molecular formula is C26H21F4N9O6S3. The molecule has 5 rings (SSSR count). The molecule has 0 bridgehead atoms. The van der Waals surface area contributed by atoms with E-state index in [1.807, 2.05) is 0 Å². The van der Waals surface area contributed by atoms with Crippen LogP contribution >= 0.6 is 34.9 Å². The Labute approximate surface area is 279 Å². The smallest absolute Gasteiger partial charge is 0.471 e. The minimum atomic E-state index is -5.20. The first-order chi connectivity index (χ1) is 22.9.